The quantitative estimate of drug-likeness (QED) is 0.834. The second kappa shape index (κ2) is 6.27. The molecule has 0 amide bonds. The Morgan fingerprint density at radius 2 is 2.00 bits per heavy atom. The number of aromatic amines is 1. The second-order valence-corrected chi connectivity index (χ2v) is 4.90. The van der Waals surface area contributed by atoms with Gasteiger partial charge in [-0.2, -0.15) is 5.10 Å². The van der Waals surface area contributed by atoms with Crippen molar-refractivity contribution >= 4 is 5.82 Å². The molecule has 1 aromatic heterocycles. The standard InChI is InChI=1S/C15H21N3O/c1-4-19-13-7-5-12(6-8-13)14-9-15(18-17-14)16-10-11(2)3/h5-9,11H,4,10H2,1-3H3,(H2,16,17,18). The number of benzene rings is 1. The van der Waals surface area contributed by atoms with E-state index in [0.29, 0.717) is 12.5 Å². The number of aromatic nitrogens is 2. The first-order valence-electron chi connectivity index (χ1n) is 6.71. The molecule has 0 aliphatic heterocycles. The number of anilines is 1. The molecule has 19 heavy (non-hydrogen) atoms. The fraction of sp³-hybridized carbons (Fsp3) is 0.400. The maximum Gasteiger partial charge on any atom is 0.148 e. The second-order valence-electron chi connectivity index (χ2n) is 4.90. The van der Waals surface area contributed by atoms with E-state index >= 15 is 0 Å². The molecule has 0 fully saturated rings. The largest absolute Gasteiger partial charge is 0.494 e. The molecule has 0 bridgehead atoms. The summed E-state index contributed by atoms with van der Waals surface area (Å²) in [6.07, 6.45) is 0. The van der Waals surface area contributed by atoms with E-state index in [2.05, 4.69) is 29.4 Å². The number of nitrogens with zero attached hydrogens (tertiary/aromatic N) is 1. The van der Waals surface area contributed by atoms with Crippen LogP contribution >= 0.6 is 0 Å². The number of nitrogens with one attached hydrogen (secondary N) is 2. The molecule has 2 N–H and O–H groups in total. The molecule has 0 saturated carbocycles. The number of rotatable bonds is 6. The zero-order valence-corrected chi connectivity index (χ0v) is 11.7. The molecule has 102 valence electrons. The first kappa shape index (κ1) is 13.5. The first-order chi connectivity index (χ1) is 9.19. The Bertz CT molecular complexity index is 502. The third kappa shape index (κ3) is 3.74. The van der Waals surface area contributed by atoms with E-state index in [1.54, 1.807) is 0 Å². The van der Waals surface area contributed by atoms with Crippen LogP contribution in [0.25, 0.3) is 11.3 Å². The molecule has 0 unspecified atom stereocenters. The lowest BCUT2D eigenvalue weighted by molar-refractivity contribution is 0.340. The molecule has 0 saturated heterocycles. The van der Waals surface area contributed by atoms with E-state index in [1.807, 2.05) is 37.3 Å². The highest BCUT2D eigenvalue weighted by molar-refractivity contribution is 5.63. The van der Waals surface area contributed by atoms with Gasteiger partial charge in [-0.1, -0.05) is 13.8 Å². The topological polar surface area (TPSA) is 49.9 Å². The van der Waals surface area contributed by atoms with Crippen LogP contribution in [0, 0.1) is 5.92 Å². The van der Waals surface area contributed by atoms with Gasteiger partial charge in [0.25, 0.3) is 0 Å². The van der Waals surface area contributed by atoms with Gasteiger partial charge in [-0.15, -0.1) is 0 Å². The van der Waals surface area contributed by atoms with Crippen molar-refractivity contribution in [2.45, 2.75) is 20.8 Å². The van der Waals surface area contributed by atoms with Gasteiger partial charge in [-0.05, 0) is 42.7 Å². The van der Waals surface area contributed by atoms with Gasteiger partial charge in [0.05, 0.1) is 12.3 Å². The Balaban J connectivity index is 2.05. The molecule has 1 heterocycles. The van der Waals surface area contributed by atoms with E-state index in [0.717, 1.165) is 29.4 Å². The summed E-state index contributed by atoms with van der Waals surface area (Å²) < 4.78 is 5.43. The highest BCUT2D eigenvalue weighted by Gasteiger charge is 2.04. The summed E-state index contributed by atoms with van der Waals surface area (Å²) in [5, 5.41) is 10.6. The van der Waals surface area contributed by atoms with E-state index in [1.165, 1.54) is 0 Å². The van der Waals surface area contributed by atoms with Crippen LogP contribution in [0.3, 0.4) is 0 Å². The highest BCUT2D eigenvalue weighted by Crippen LogP contribution is 2.22. The lowest BCUT2D eigenvalue weighted by atomic mass is 10.1. The molecule has 1 aromatic carbocycles. The van der Waals surface area contributed by atoms with Crippen LogP contribution in [-0.4, -0.2) is 23.3 Å². The van der Waals surface area contributed by atoms with Crippen LogP contribution in [0.2, 0.25) is 0 Å². The molecule has 0 spiro atoms. The third-order valence-corrected chi connectivity index (χ3v) is 2.75. The van der Waals surface area contributed by atoms with Gasteiger partial charge in [0.15, 0.2) is 0 Å². The van der Waals surface area contributed by atoms with Crippen molar-refractivity contribution in [3.05, 3.63) is 30.3 Å². The molecule has 4 heteroatoms. The SMILES string of the molecule is CCOc1ccc(-c2cc(NCC(C)C)n[nH]2)cc1. The number of H-pyrrole nitrogens is 1. The van der Waals surface area contributed by atoms with Crippen LogP contribution in [0.1, 0.15) is 20.8 Å². The number of hydrogen-bond donors (Lipinski definition) is 2. The van der Waals surface area contributed by atoms with Crippen molar-refractivity contribution in [2.75, 3.05) is 18.5 Å². The first-order valence-corrected chi connectivity index (χ1v) is 6.71. The van der Waals surface area contributed by atoms with Crippen LogP contribution < -0.4 is 10.1 Å². The van der Waals surface area contributed by atoms with Gasteiger partial charge in [0.1, 0.15) is 11.6 Å². The van der Waals surface area contributed by atoms with E-state index < -0.39 is 0 Å². The molecule has 0 radical (unpaired) electrons. The maximum absolute atomic E-state index is 5.43. The summed E-state index contributed by atoms with van der Waals surface area (Å²) >= 11 is 0. The smallest absolute Gasteiger partial charge is 0.148 e. The summed E-state index contributed by atoms with van der Waals surface area (Å²) in [6.45, 7) is 7.94. The Morgan fingerprint density at radius 3 is 2.63 bits per heavy atom. The van der Waals surface area contributed by atoms with E-state index in [-0.39, 0.29) is 0 Å². The minimum Gasteiger partial charge on any atom is -0.494 e. The lowest BCUT2D eigenvalue weighted by Crippen LogP contribution is -2.07. The molecule has 2 aromatic rings. The summed E-state index contributed by atoms with van der Waals surface area (Å²) in [6, 6.07) is 10.0. The van der Waals surface area contributed by atoms with Crippen molar-refractivity contribution < 1.29 is 4.74 Å². The summed E-state index contributed by atoms with van der Waals surface area (Å²) in [5.41, 5.74) is 2.11. The highest BCUT2D eigenvalue weighted by atomic mass is 16.5. The summed E-state index contributed by atoms with van der Waals surface area (Å²) in [4.78, 5) is 0. The molecular formula is C15H21N3O. The Morgan fingerprint density at radius 1 is 1.26 bits per heavy atom. The predicted molar refractivity (Wildman–Crippen MR) is 78.5 cm³/mol. The van der Waals surface area contributed by atoms with Gasteiger partial charge >= 0.3 is 0 Å². The Labute approximate surface area is 114 Å². The predicted octanol–water partition coefficient (Wildman–Crippen LogP) is 3.54. The average molecular weight is 259 g/mol. The molecule has 0 atom stereocenters. The zero-order chi connectivity index (χ0) is 13.7. The Hall–Kier alpha value is -1.97. The fourth-order valence-electron chi connectivity index (χ4n) is 1.77. The molecular weight excluding hydrogens is 238 g/mol. The normalized spacial score (nSPS) is 10.7. The van der Waals surface area contributed by atoms with E-state index in [4.69, 9.17) is 4.74 Å². The van der Waals surface area contributed by atoms with Crippen molar-refractivity contribution in [1.82, 2.24) is 10.2 Å². The maximum atomic E-state index is 5.43. The average Bonchev–Trinajstić information content (AvgIpc) is 2.86. The van der Waals surface area contributed by atoms with Crippen molar-refractivity contribution in [3.63, 3.8) is 0 Å². The Kier molecular flexibility index (Phi) is 4.44. The van der Waals surface area contributed by atoms with Crippen molar-refractivity contribution in [1.29, 1.82) is 0 Å². The van der Waals surface area contributed by atoms with Crippen LogP contribution in [0.4, 0.5) is 5.82 Å². The monoisotopic (exact) mass is 259 g/mol. The van der Waals surface area contributed by atoms with Gasteiger partial charge < -0.3 is 10.1 Å². The minimum atomic E-state index is 0.602. The van der Waals surface area contributed by atoms with Gasteiger partial charge in [-0.3, -0.25) is 5.10 Å². The van der Waals surface area contributed by atoms with E-state index in [9.17, 15) is 0 Å². The van der Waals surface area contributed by atoms with Gasteiger partial charge in [0, 0.05) is 12.6 Å². The molecule has 0 aliphatic rings. The summed E-state index contributed by atoms with van der Waals surface area (Å²) in [7, 11) is 0. The zero-order valence-electron chi connectivity index (χ0n) is 11.7. The van der Waals surface area contributed by atoms with Gasteiger partial charge in [0.2, 0.25) is 0 Å². The minimum absolute atomic E-state index is 0.602. The number of ether oxygens (including phenoxy) is 1. The van der Waals surface area contributed by atoms with Crippen LogP contribution in [0.5, 0.6) is 5.75 Å². The number of hydrogen-bond acceptors (Lipinski definition) is 3. The van der Waals surface area contributed by atoms with Crippen molar-refractivity contribution in [3.8, 4) is 17.0 Å². The van der Waals surface area contributed by atoms with Crippen LogP contribution in [0.15, 0.2) is 30.3 Å². The molecule has 2 rings (SSSR count). The molecule has 0 aliphatic carbocycles. The fourth-order valence-corrected chi connectivity index (χ4v) is 1.77. The van der Waals surface area contributed by atoms with Crippen LogP contribution in [-0.2, 0) is 0 Å². The summed E-state index contributed by atoms with van der Waals surface area (Å²) in [5.74, 6) is 2.38. The van der Waals surface area contributed by atoms with Gasteiger partial charge in [-0.25, -0.2) is 0 Å². The third-order valence-electron chi connectivity index (χ3n) is 2.75. The molecule has 4 nitrogen and oxygen atoms in total. The van der Waals surface area contributed by atoms with Crippen molar-refractivity contribution in [2.24, 2.45) is 5.92 Å². The lowest BCUT2D eigenvalue weighted by Gasteiger charge is -2.04.